The zero-order chi connectivity index (χ0) is 21.3. The number of nitrogens with zero attached hydrogens (tertiary/aromatic N) is 2. The van der Waals surface area contributed by atoms with E-state index in [1.807, 2.05) is 31.2 Å². The Morgan fingerprint density at radius 1 is 1.00 bits per heavy atom. The molecule has 0 atom stereocenters. The van der Waals surface area contributed by atoms with Gasteiger partial charge in [0.05, 0.1) is 17.4 Å². The number of aromatic nitrogens is 2. The maximum absolute atomic E-state index is 12.6. The second-order valence-corrected chi connectivity index (χ2v) is 6.43. The van der Waals surface area contributed by atoms with Gasteiger partial charge in [-0.25, -0.2) is 9.78 Å². The third-order valence-corrected chi connectivity index (χ3v) is 4.13. The third-order valence-electron chi connectivity index (χ3n) is 4.13. The van der Waals surface area contributed by atoms with Gasteiger partial charge in [0.1, 0.15) is 0 Å². The number of carbonyl (C=O) groups is 3. The lowest BCUT2D eigenvalue weighted by atomic mass is 10.1. The predicted octanol–water partition coefficient (Wildman–Crippen LogP) is 2.51. The molecule has 0 aliphatic rings. The number of anilines is 1. The molecular weight excluding hydrogens is 384 g/mol. The minimum atomic E-state index is -0.762. The zero-order valence-corrected chi connectivity index (χ0v) is 16.3. The maximum Gasteiger partial charge on any atom is 0.359 e. The van der Waals surface area contributed by atoms with Crippen LogP contribution in [-0.2, 0) is 16.1 Å². The first kappa shape index (κ1) is 20.7. The third kappa shape index (κ3) is 5.71. The number of hydrogen-bond acceptors (Lipinski definition) is 6. The van der Waals surface area contributed by atoms with Crippen molar-refractivity contribution in [2.24, 2.45) is 0 Å². The molecule has 3 rings (SSSR count). The van der Waals surface area contributed by atoms with Gasteiger partial charge in [-0.1, -0.05) is 42.0 Å². The lowest BCUT2D eigenvalue weighted by Crippen LogP contribution is -2.26. The lowest BCUT2D eigenvalue weighted by Gasteiger charge is -2.12. The summed E-state index contributed by atoms with van der Waals surface area (Å²) in [4.78, 5) is 44.2. The number of benzene rings is 2. The molecule has 0 saturated heterocycles. The molecule has 8 heteroatoms. The van der Waals surface area contributed by atoms with Crippen molar-refractivity contribution in [2.75, 3.05) is 11.9 Å². The Bertz CT molecular complexity index is 1040. The first-order valence-electron chi connectivity index (χ1n) is 9.18. The van der Waals surface area contributed by atoms with Crippen LogP contribution in [0.3, 0.4) is 0 Å². The maximum atomic E-state index is 12.6. The van der Waals surface area contributed by atoms with Crippen LogP contribution in [0.1, 0.15) is 32.0 Å². The van der Waals surface area contributed by atoms with E-state index in [-0.39, 0.29) is 11.6 Å². The van der Waals surface area contributed by atoms with Crippen LogP contribution in [0.25, 0.3) is 0 Å². The molecule has 0 saturated carbocycles. The smallest absolute Gasteiger partial charge is 0.359 e. The molecule has 1 aromatic heterocycles. The van der Waals surface area contributed by atoms with Crippen LogP contribution in [0.2, 0.25) is 0 Å². The molecule has 2 amide bonds. The van der Waals surface area contributed by atoms with E-state index in [2.05, 4.69) is 20.6 Å². The Hall–Kier alpha value is -4.07. The van der Waals surface area contributed by atoms with Gasteiger partial charge in [0, 0.05) is 18.9 Å². The average Bonchev–Trinajstić information content (AvgIpc) is 2.78. The highest BCUT2D eigenvalue weighted by Gasteiger charge is 2.15. The molecule has 2 aromatic carbocycles. The largest absolute Gasteiger partial charge is 0.451 e. The summed E-state index contributed by atoms with van der Waals surface area (Å²) in [6.07, 6.45) is 4.01. The number of para-hydroxylation sites is 1. The van der Waals surface area contributed by atoms with Crippen molar-refractivity contribution in [3.63, 3.8) is 0 Å². The summed E-state index contributed by atoms with van der Waals surface area (Å²) < 4.78 is 4.92. The van der Waals surface area contributed by atoms with E-state index >= 15 is 0 Å². The highest BCUT2D eigenvalue weighted by Crippen LogP contribution is 2.15. The van der Waals surface area contributed by atoms with Crippen molar-refractivity contribution in [2.45, 2.75) is 13.5 Å². The molecule has 1 heterocycles. The van der Waals surface area contributed by atoms with Gasteiger partial charge in [0.2, 0.25) is 0 Å². The minimum absolute atomic E-state index is 0.00110. The second-order valence-electron chi connectivity index (χ2n) is 6.43. The van der Waals surface area contributed by atoms with Crippen molar-refractivity contribution in [3.05, 3.63) is 89.5 Å². The van der Waals surface area contributed by atoms with Crippen LogP contribution < -0.4 is 10.6 Å². The van der Waals surface area contributed by atoms with Crippen LogP contribution in [0.5, 0.6) is 0 Å². The average molecular weight is 404 g/mol. The Morgan fingerprint density at radius 2 is 1.77 bits per heavy atom. The van der Waals surface area contributed by atoms with Crippen LogP contribution in [0.15, 0.2) is 67.1 Å². The first-order valence-corrected chi connectivity index (χ1v) is 9.18. The molecule has 0 aliphatic heterocycles. The highest BCUT2D eigenvalue weighted by atomic mass is 16.5. The van der Waals surface area contributed by atoms with Crippen LogP contribution in [0.4, 0.5) is 5.69 Å². The van der Waals surface area contributed by atoms with Crippen molar-refractivity contribution in [3.8, 4) is 0 Å². The van der Waals surface area contributed by atoms with Crippen LogP contribution >= 0.6 is 0 Å². The molecule has 0 fully saturated rings. The predicted molar refractivity (Wildman–Crippen MR) is 110 cm³/mol. The van der Waals surface area contributed by atoms with Crippen molar-refractivity contribution < 1.29 is 19.1 Å². The second kappa shape index (κ2) is 9.92. The van der Waals surface area contributed by atoms with E-state index < -0.39 is 18.5 Å². The molecule has 0 bridgehead atoms. The van der Waals surface area contributed by atoms with E-state index in [4.69, 9.17) is 4.74 Å². The van der Waals surface area contributed by atoms with Gasteiger partial charge < -0.3 is 15.4 Å². The SMILES string of the molecule is Cc1ccc(CNC(=O)c2ccccc2NC(=O)COC(=O)c2cnccn2)cc1. The summed E-state index contributed by atoms with van der Waals surface area (Å²) in [7, 11) is 0. The number of aryl methyl sites for hydroxylation is 1. The molecule has 0 aliphatic carbocycles. The van der Waals surface area contributed by atoms with Gasteiger partial charge in [-0.05, 0) is 24.6 Å². The number of amides is 2. The van der Waals surface area contributed by atoms with Gasteiger partial charge in [-0.3, -0.25) is 14.6 Å². The fraction of sp³-hybridized carbons (Fsp3) is 0.136. The first-order chi connectivity index (χ1) is 14.5. The molecule has 3 aromatic rings. The summed E-state index contributed by atoms with van der Waals surface area (Å²) in [5, 5.41) is 5.42. The van der Waals surface area contributed by atoms with Gasteiger partial charge in [0.25, 0.3) is 11.8 Å². The summed E-state index contributed by atoms with van der Waals surface area (Å²) in [5.74, 6) is -1.67. The van der Waals surface area contributed by atoms with Crippen molar-refractivity contribution in [1.82, 2.24) is 15.3 Å². The van der Waals surface area contributed by atoms with Gasteiger partial charge in [-0.2, -0.15) is 0 Å². The summed E-state index contributed by atoms with van der Waals surface area (Å²) >= 11 is 0. The lowest BCUT2D eigenvalue weighted by molar-refractivity contribution is -0.119. The fourth-order valence-corrected chi connectivity index (χ4v) is 2.57. The summed E-state index contributed by atoms with van der Waals surface area (Å²) in [5.41, 5.74) is 2.73. The van der Waals surface area contributed by atoms with E-state index in [1.54, 1.807) is 24.3 Å². The summed E-state index contributed by atoms with van der Waals surface area (Å²) in [6.45, 7) is 1.83. The van der Waals surface area contributed by atoms with Gasteiger partial charge in [-0.15, -0.1) is 0 Å². The van der Waals surface area contributed by atoms with E-state index in [9.17, 15) is 14.4 Å². The number of hydrogen-bond donors (Lipinski definition) is 2. The summed E-state index contributed by atoms with van der Waals surface area (Å²) in [6, 6.07) is 14.4. The van der Waals surface area contributed by atoms with Crippen molar-refractivity contribution >= 4 is 23.5 Å². The molecule has 2 N–H and O–H groups in total. The monoisotopic (exact) mass is 404 g/mol. The highest BCUT2D eigenvalue weighted by molar-refractivity contribution is 6.04. The van der Waals surface area contributed by atoms with Gasteiger partial charge in [0.15, 0.2) is 12.3 Å². The van der Waals surface area contributed by atoms with Gasteiger partial charge >= 0.3 is 5.97 Å². The van der Waals surface area contributed by atoms with Crippen LogP contribution in [-0.4, -0.2) is 34.4 Å². The van der Waals surface area contributed by atoms with E-state index in [1.165, 1.54) is 18.6 Å². The normalized spacial score (nSPS) is 10.2. The standard InChI is InChI=1S/C22H20N4O4/c1-15-6-8-16(9-7-15)12-25-21(28)17-4-2-3-5-18(17)26-20(27)14-30-22(29)19-13-23-10-11-24-19/h2-11,13H,12,14H2,1H3,(H,25,28)(H,26,27). The topological polar surface area (TPSA) is 110 Å². The Labute approximate surface area is 173 Å². The number of nitrogens with one attached hydrogen (secondary N) is 2. The quantitative estimate of drug-likeness (QED) is 0.586. The molecule has 0 unspecified atom stereocenters. The van der Waals surface area contributed by atoms with Crippen LogP contribution in [0, 0.1) is 6.92 Å². The Kier molecular flexibility index (Phi) is 6.83. The minimum Gasteiger partial charge on any atom is -0.451 e. The van der Waals surface area contributed by atoms with E-state index in [0.29, 0.717) is 17.8 Å². The number of esters is 1. The number of carbonyl (C=O) groups excluding carboxylic acids is 3. The molecule has 30 heavy (non-hydrogen) atoms. The number of ether oxygens (including phenoxy) is 1. The number of rotatable bonds is 7. The zero-order valence-electron chi connectivity index (χ0n) is 16.3. The van der Waals surface area contributed by atoms with E-state index in [0.717, 1.165) is 11.1 Å². The Balaban J connectivity index is 1.57. The Morgan fingerprint density at radius 3 is 2.50 bits per heavy atom. The molecule has 8 nitrogen and oxygen atoms in total. The molecular formula is C22H20N4O4. The molecule has 0 radical (unpaired) electrons. The molecule has 0 spiro atoms. The fourth-order valence-electron chi connectivity index (χ4n) is 2.57. The molecule has 152 valence electrons. The van der Waals surface area contributed by atoms with Crippen molar-refractivity contribution in [1.29, 1.82) is 0 Å².